The van der Waals surface area contributed by atoms with E-state index >= 15 is 0 Å². The third-order valence-electron chi connectivity index (χ3n) is 2.61. The van der Waals surface area contributed by atoms with Gasteiger partial charge in [-0.3, -0.25) is 0 Å². The van der Waals surface area contributed by atoms with Crippen LogP contribution in [0.4, 0.5) is 0 Å². The number of aliphatic hydroxyl groups is 1. The molecule has 1 aromatic carbocycles. The first kappa shape index (κ1) is 11.0. The van der Waals surface area contributed by atoms with Crippen LogP contribution in [0.3, 0.4) is 0 Å². The molecule has 3 heteroatoms. The zero-order valence-electron chi connectivity index (χ0n) is 9.66. The van der Waals surface area contributed by atoms with Gasteiger partial charge in [0.05, 0.1) is 12.7 Å². The predicted octanol–water partition coefficient (Wildman–Crippen LogP) is 3.01. The maximum Gasteiger partial charge on any atom is 0.129 e. The van der Waals surface area contributed by atoms with Gasteiger partial charge in [-0.1, -0.05) is 13.0 Å². The molecule has 86 valence electrons. The zero-order chi connectivity index (χ0) is 11.5. The molecule has 0 aliphatic rings. The summed E-state index contributed by atoms with van der Waals surface area (Å²) in [5.74, 6) is 0.844. The largest absolute Gasteiger partial charge is 0.493 e. The highest BCUT2D eigenvalue weighted by atomic mass is 16.5. The minimum atomic E-state index is -0.486. The van der Waals surface area contributed by atoms with Gasteiger partial charge in [0.15, 0.2) is 0 Å². The molecule has 0 bridgehead atoms. The van der Waals surface area contributed by atoms with Crippen LogP contribution in [-0.2, 0) is 0 Å². The van der Waals surface area contributed by atoms with Crippen molar-refractivity contribution >= 4 is 10.9 Å². The van der Waals surface area contributed by atoms with Crippen molar-refractivity contribution in [1.29, 1.82) is 0 Å². The second-order valence-corrected chi connectivity index (χ2v) is 3.95. The van der Waals surface area contributed by atoms with Gasteiger partial charge >= 0.3 is 0 Å². The van der Waals surface area contributed by atoms with Gasteiger partial charge in [0.2, 0.25) is 0 Å². The lowest BCUT2D eigenvalue weighted by Crippen LogP contribution is -1.97. The molecule has 0 aliphatic heterocycles. The Morgan fingerprint density at radius 1 is 1.44 bits per heavy atom. The minimum absolute atomic E-state index is 0.486. The second-order valence-electron chi connectivity index (χ2n) is 3.95. The first-order valence-electron chi connectivity index (χ1n) is 5.65. The fourth-order valence-electron chi connectivity index (χ4n) is 1.84. The first-order chi connectivity index (χ1) is 7.74. The summed E-state index contributed by atoms with van der Waals surface area (Å²) < 4.78 is 5.69. The maximum atomic E-state index is 9.68. The monoisotopic (exact) mass is 219 g/mol. The predicted molar refractivity (Wildman–Crippen MR) is 64.7 cm³/mol. The third-order valence-corrected chi connectivity index (χ3v) is 2.61. The highest BCUT2D eigenvalue weighted by molar-refractivity contribution is 5.89. The molecule has 3 nitrogen and oxygen atoms in total. The first-order valence-corrected chi connectivity index (χ1v) is 5.65. The van der Waals surface area contributed by atoms with E-state index in [1.54, 1.807) is 6.92 Å². The van der Waals surface area contributed by atoms with Crippen molar-refractivity contribution in [3.05, 3.63) is 30.0 Å². The van der Waals surface area contributed by atoms with E-state index in [4.69, 9.17) is 4.74 Å². The third kappa shape index (κ3) is 1.91. The van der Waals surface area contributed by atoms with Crippen LogP contribution in [0.1, 0.15) is 31.9 Å². The molecule has 0 unspecified atom stereocenters. The highest BCUT2D eigenvalue weighted by Gasteiger charge is 2.12. The van der Waals surface area contributed by atoms with Crippen LogP contribution in [0, 0.1) is 0 Å². The summed E-state index contributed by atoms with van der Waals surface area (Å²) in [6, 6.07) is 5.88. The summed E-state index contributed by atoms with van der Waals surface area (Å²) >= 11 is 0. The van der Waals surface area contributed by atoms with E-state index in [-0.39, 0.29) is 0 Å². The Kier molecular flexibility index (Phi) is 3.15. The smallest absolute Gasteiger partial charge is 0.129 e. The Morgan fingerprint density at radius 3 is 2.94 bits per heavy atom. The molecule has 1 aromatic heterocycles. The Bertz CT molecular complexity index is 474. The molecule has 0 amide bonds. The number of aromatic nitrogens is 1. The standard InChI is InChI=1S/C13H17NO2/c1-3-7-16-12-6-4-5-11-13(12)10(8-14-11)9(2)15/h4-6,8-9,14-15H,3,7H2,1-2H3/t9-/m1/s1. The van der Waals surface area contributed by atoms with Gasteiger partial charge in [-0.25, -0.2) is 0 Å². The number of fused-ring (bicyclic) bond motifs is 1. The van der Waals surface area contributed by atoms with E-state index in [1.807, 2.05) is 24.4 Å². The summed E-state index contributed by atoms with van der Waals surface area (Å²) in [5.41, 5.74) is 1.89. The molecule has 1 atom stereocenters. The van der Waals surface area contributed by atoms with Crippen molar-refractivity contribution in [2.45, 2.75) is 26.4 Å². The molecule has 2 N–H and O–H groups in total. The molecular formula is C13H17NO2. The normalized spacial score (nSPS) is 12.9. The molecule has 0 aliphatic carbocycles. The number of benzene rings is 1. The molecule has 0 fully saturated rings. The zero-order valence-corrected chi connectivity index (χ0v) is 9.66. The van der Waals surface area contributed by atoms with E-state index in [1.165, 1.54) is 0 Å². The quantitative estimate of drug-likeness (QED) is 0.830. The fraction of sp³-hybridized carbons (Fsp3) is 0.385. The molecule has 2 aromatic rings. The van der Waals surface area contributed by atoms with Gasteiger partial charge in [-0.15, -0.1) is 0 Å². The van der Waals surface area contributed by atoms with E-state index < -0.39 is 6.10 Å². The number of aliphatic hydroxyl groups excluding tert-OH is 1. The molecule has 0 spiro atoms. The molecule has 16 heavy (non-hydrogen) atoms. The van der Waals surface area contributed by atoms with Gasteiger partial charge in [-0.05, 0) is 25.5 Å². The summed E-state index contributed by atoms with van der Waals surface area (Å²) in [7, 11) is 0. The molecule has 0 radical (unpaired) electrons. The lowest BCUT2D eigenvalue weighted by Gasteiger charge is -2.09. The van der Waals surface area contributed by atoms with Gasteiger partial charge in [0, 0.05) is 22.7 Å². The van der Waals surface area contributed by atoms with E-state index in [9.17, 15) is 5.11 Å². The average Bonchev–Trinajstić information content (AvgIpc) is 2.70. The van der Waals surface area contributed by atoms with E-state index in [2.05, 4.69) is 11.9 Å². The molecule has 1 heterocycles. The number of H-pyrrole nitrogens is 1. The number of nitrogens with one attached hydrogen (secondary N) is 1. The van der Waals surface area contributed by atoms with Crippen molar-refractivity contribution in [1.82, 2.24) is 4.98 Å². The number of ether oxygens (including phenoxy) is 1. The molecule has 0 saturated carbocycles. The van der Waals surface area contributed by atoms with Crippen LogP contribution in [-0.4, -0.2) is 16.7 Å². The lowest BCUT2D eigenvalue weighted by molar-refractivity contribution is 0.200. The summed E-state index contributed by atoms with van der Waals surface area (Å²) in [5, 5.41) is 10.7. The fourth-order valence-corrected chi connectivity index (χ4v) is 1.84. The highest BCUT2D eigenvalue weighted by Crippen LogP contribution is 2.32. The Labute approximate surface area is 95.1 Å². The number of aromatic amines is 1. The van der Waals surface area contributed by atoms with Crippen molar-refractivity contribution < 1.29 is 9.84 Å². The van der Waals surface area contributed by atoms with Gasteiger partial charge in [0.1, 0.15) is 5.75 Å². The van der Waals surface area contributed by atoms with Crippen molar-refractivity contribution in [3.8, 4) is 5.75 Å². The van der Waals surface area contributed by atoms with Crippen molar-refractivity contribution in [2.24, 2.45) is 0 Å². The van der Waals surface area contributed by atoms with Crippen LogP contribution in [0.5, 0.6) is 5.75 Å². The SMILES string of the molecule is CCCOc1cccc2[nH]cc([C@@H](C)O)c12. The van der Waals surface area contributed by atoms with Crippen LogP contribution >= 0.6 is 0 Å². The number of hydrogen-bond donors (Lipinski definition) is 2. The van der Waals surface area contributed by atoms with Crippen molar-refractivity contribution in [3.63, 3.8) is 0 Å². The topological polar surface area (TPSA) is 45.2 Å². The van der Waals surface area contributed by atoms with Crippen LogP contribution in [0.25, 0.3) is 10.9 Å². The average molecular weight is 219 g/mol. The molecule has 2 rings (SSSR count). The molecule has 0 saturated heterocycles. The van der Waals surface area contributed by atoms with Gasteiger partial charge in [0.25, 0.3) is 0 Å². The van der Waals surface area contributed by atoms with E-state index in [0.717, 1.165) is 28.6 Å². The number of hydrogen-bond acceptors (Lipinski definition) is 2. The van der Waals surface area contributed by atoms with E-state index in [0.29, 0.717) is 6.61 Å². The maximum absolute atomic E-state index is 9.68. The molecular weight excluding hydrogens is 202 g/mol. The van der Waals surface area contributed by atoms with Crippen LogP contribution in [0.15, 0.2) is 24.4 Å². The Morgan fingerprint density at radius 2 is 2.25 bits per heavy atom. The Hall–Kier alpha value is -1.48. The van der Waals surface area contributed by atoms with Crippen molar-refractivity contribution in [2.75, 3.05) is 6.61 Å². The minimum Gasteiger partial charge on any atom is -0.493 e. The van der Waals surface area contributed by atoms with Crippen LogP contribution in [0.2, 0.25) is 0 Å². The number of rotatable bonds is 4. The second kappa shape index (κ2) is 4.58. The van der Waals surface area contributed by atoms with Gasteiger partial charge < -0.3 is 14.8 Å². The van der Waals surface area contributed by atoms with Gasteiger partial charge in [-0.2, -0.15) is 0 Å². The Balaban J connectivity index is 2.50. The summed E-state index contributed by atoms with van der Waals surface area (Å²) in [6.45, 7) is 4.54. The van der Waals surface area contributed by atoms with Crippen LogP contribution < -0.4 is 4.74 Å². The summed E-state index contributed by atoms with van der Waals surface area (Å²) in [6.07, 6.45) is 2.33. The lowest BCUT2D eigenvalue weighted by atomic mass is 10.1. The summed E-state index contributed by atoms with van der Waals surface area (Å²) in [4.78, 5) is 3.15.